The first-order valence-corrected chi connectivity index (χ1v) is 9.49. The Bertz CT molecular complexity index is 760. The van der Waals surface area contributed by atoms with E-state index in [9.17, 15) is 8.42 Å². The molecule has 2 heterocycles. The second-order valence-electron chi connectivity index (χ2n) is 6.35. The average molecular weight is 333 g/mol. The lowest BCUT2D eigenvalue weighted by Gasteiger charge is -2.29. The maximum absolute atomic E-state index is 12.9. The van der Waals surface area contributed by atoms with Crippen LogP contribution in [0.25, 0.3) is 0 Å². The minimum Gasteiger partial charge on any atom is -0.267 e. The smallest absolute Gasteiger partial charge is 0.246 e. The number of aromatic nitrogens is 2. The molecular weight excluding hydrogens is 310 g/mol. The third-order valence-corrected chi connectivity index (χ3v) is 6.45. The van der Waals surface area contributed by atoms with Crippen molar-refractivity contribution in [1.29, 1.82) is 0 Å². The Labute approximate surface area is 138 Å². The van der Waals surface area contributed by atoms with E-state index in [0.29, 0.717) is 36.1 Å². The molecule has 0 amide bonds. The fourth-order valence-electron chi connectivity index (χ4n) is 2.97. The first-order chi connectivity index (χ1) is 11.0. The van der Waals surface area contributed by atoms with Gasteiger partial charge in [-0.05, 0) is 31.2 Å². The summed E-state index contributed by atoms with van der Waals surface area (Å²) in [4.78, 5) is 0.336. The molecule has 0 atom stereocenters. The first kappa shape index (κ1) is 16.2. The van der Waals surface area contributed by atoms with Gasteiger partial charge in [0.25, 0.3) is 0 Å². The molecule has 0 saturated carbocycles. The Balaban J connectivity index is 1.82. The van der Waals surface area contributed by atoms with Gasteiger partial charge in [-0.15, -0.1) is 0 Å². The summed E-state index contributed by atoms with van der Waals surface area (Å²) in [5.74, 6) is 0.600. The highest BCUT2D eigenvalue weighted by atomic mass is 32.2. The van der Waals surface area contributed by atoms with Crippen LogP contribution >= 0.6 is 0 Å². The lowest BCUT2D eigenvalue weighted by molar-refractivity contribution is 0.288. The predicted molar refractivity (Wildman–Crippen MR) is 89.7 cm³/mol. The number of nitrogens with zero attached hydrogens (tertiary/aromatic N) is 3. The van der Waals surface area contributed by atoms with Crippen LogP contribution in [0.2, 0.25) is 0 Å². The van der Waals surface area contributed by atoms with E-state index in [0.717, 1.165) is 18.4 Å². The Hall–Kier alpha value is -1.66. The number of hydrogen-bond donors (Lipinski definition) is 0. The molecule has 124 valence electrons. The standard InChI is InChI=1S/C17H23N3O2S/c1-14-8-10-20(11-9-14)23(21,22)17-13-19(18-15(17)2)12-16-6-4-3-5-7-16/h3-7,13-14H,8-12H2,1-2H3. The van der Waals surface area contributed by atoms with Gasteiger partial charge in [-0.2, -0.15) is 9.40 Å². The molecule has 1 aromatic carbocycles. The van der Waals surface area contributed by atoms with Gasteiger partial charge in [0.05, 0.1) is 12.2 Å². The van der Waals surface area contributed by atoms with E-state index < -0.39 is 10.0 Å². The first-order valence-electron chi connectivity index (χ1n) is 8.05. The third-order valence-electron chi connectivity index (χ3n) is 4.45. The van der Waals surface area contributed by atoms with Gasteiger partial charge < -0.3 is 0 Å². The summed E-state index contributed by atoms with van der Waals surface area (Å²) in [5, 5.41) is 4.39. The SMILES string of the molecule is Cc1nn(Cc2ccccc2)cc1S(=O)(=O)N1CCC(C)CC1. The molecule has 1 aromatic heterocycles. The highest BCUT2D eigenvalue weighted by Gasteiger charge is 2.30. The van der Waals surface area contributed by atoms with Crippen molar-refractivity contribution in [2.75, 3.05) is 13.1 Å². The van der Waals surface area contributed by atoms with Crippen molar-refractivity contribution in [3.05, 3.63) is 47.8 Å². The minimum atomic E-state index is -3.44. The van der Waals surface area contributed by atoms with Crippen molar-refractivity contribution in [2.24, 2.45) is 5.92 Å². The molecule has 1 aliphatic heterocycles. The fraction of sp³-hybridized carbons (Fsp3) is 0.471. The Kier molecular flexibility index (Phi) is 4.55. The molecule has 0 spiro atoms. The van der Waals surface area contributed by atoms with Crippen LogP contribution in [0.15, 0.2) is 41.4 Å². The van der Waals surface area contributed by atoms with Crippen molar-refractivity contribution >= 4 is 10.0 Å². The Morgan fingerprint density at radius 1 is 1.17 bits per heavy atom. The largest absolute Gasteiger partial charge is 0.267 e. The van der Waals surface area contributed by atoms with E-state index in [-0.39, 0.29) is 0 Å². The average Bonchev–Trinajstić information content (AvgIpc) is 2.90. The summed E-state index contributed by atoms with van der Waals surface area (Å²) >= 11 is 0. The van der Waals surface area contributed by atoms with Gasteiger partial charge in [0.2, 0.25) is 10.0 Å². The third kappa shape index (κ3) is 3.48. The van der Waals surface area contributed by atoms with Crippen molar-refractivity contribution in [1.82, 2.24) is 14.1 Å². The van der Waals surface area contributed by atoms with Crippen LogP contribution in [0.4, 0.5) is 0 Å². The lowest BCUT2D eigenvalue weighted by atomic mass is 10.0. The molecule has 0 bridgehead atoms. The van der Waals surface area contributed by atoms with E-state index >= 15 is 0 Å². The molecule has 2 aromatic rings. The molecule has 0 unspecified atom stereocenters. The van der Waals surface area contributed by atoms with E-state index in [1.54, 1.807) is 22.1 Å². The zero-order valence-corrected chi connectivity index (χ0v) is 14.5. The van der Waals surface area contributed by atoms with E-state index in [1.807, 2.05) is 30.3 Å². The molecule has 3 rings (SSSR count). The maximum atomic E-state index is 12.9. The topological polar surface area (TPSA) is 55.2 Å². The molecule has 23 heavy (non-hydrogen) atoms. The summed E-state index contributed by atoms with van der Waals surface area (Å²) < 4.78 is 29.0. The summed E-state index contributed by atoms with van der Waals surface area (Å²) in [6, 6.07) is 9.93. The minimum absolute atomic E-state index is 0.336. The van der Waals surface area contributed by atoms with Gasteiger partial charge in [0.15, 0.2) is 0 Å². The van der Waals surface area contributed by atoms with Crippen molar-refractivity contribution in [3.8, 4) is 0 Å². The lowest BCUT2D eigenvalue weighted by Crippen LogP contribution is -2.38. The number of hydrogen-bond acceptors (Lipinski definition) is 3. The summed E-state index contributed by atoms with van der Waals surface area (Å²) in [6.07, 6.45) is 3.52. The molecule has 5 nitrogen and oxygen atoms in total. The highest BCUT2D eigenvalue weighted by Crippen LogP contribution is 2.25. The molecule has 0 radical (unpaired) electrons. The van der Waals surface area contributed by atoms with Crippen molar-refractivity contribution < 1.29 is 8.42 Å². The zero-order valence-electron chi connectivity index (χ0n) is 13.6. The number of rotatable bonds is 4. The Morgan fingerprint density at radius 2 is 1.83 bits per heavy atom. The van der Waals surface area contributed by atoms with Crippen LogP contribution in [0.5, 0.6) is 0 Å². The molecule has 6 heteroatoms. The van der Waals surface area contributed by atoms with E-state index in [1.165, 1.54) is 0 Å². The predicted octanol–water partition coefficient (Wildman–Crippen LogP) is 2.66. The van der Waals surface area contributed by atoms with Crippen LogP contribution < -0.4 is 0 Å². The molecule has 1 saturated heterocycles. The summed E-state index contributed by atoms with van der Waals surface area (Å²) in [6.45, 7) is 5.72. The molecule has 1 aliphatic rings. The van der Waals surface area contributed by atoms with Crippen molar-refractivity contribution in [2.45, 2.75) is 38.1 Å². The Morgan fingerprint density at radius 3 is 2.48 bits per heavy atom. The normalized spacial score (nSPS) is 17.5. The van der Waals surface area contributed by atoms with E-state index in [2.05, 4.69) is 12.0 Å². The maximum Gasteiger partial charge on any atom is 0.246 e. The molecular formula is C17H23N3O2S. The van der Waals surface area contributed by atoms with Gasteiger partial charge in [-0.25, -0.2) is 8.42 Å². The van der Waals surface area contributed by atoms with Crippen LogP contribution in [-0.4, -0.2) is 35.6 Å². The van der Waals surface area contributed by atoms with Crippen LogP contribution in [0.3, 0.4) is 0 Å². The number of benzene rings is 1. The van der Waals surface area contributed by atoms with Gasteiger partial charge in [-0.3, -0.25) is 4.68 Å². The van der Waals surface area contributed by atoms with E-state index in [4.69, 9.17) is 0 Å². The number of aryl methyl sites for hydroxylation is 1. The van der Waals surface area contributed by atoms with Crippen LogP contribution in [0, 0.1) is 12.8 Å². The fourth-order valence-corrected chi connectivity index (χ4v) is 4.61. The second kappa shape index (κ2) is 6.45. The highest BCUT2D eigenvalue weighted by molar-refractivity contribution is 7.89. The van der Waals surface area contributed by atoms with Gasteiger partial charge in [0.1, 0.15) is 4.90 Å². The summed E-state index contributed by atoms with van der Waals surface area (Å²) in [5.41, 5.74) is 1.67. The van der Waals surface area contributed by atoms with Gasteiger partial charge >= 0.3 is 0 Å². The second-order valence-corrected chi connectivity index (χ2v) is 8.25. The van der Waals surface area contributed by atoms with Crippen LogP contribution in [0.1, 0.15) is 31.0 Å². The zero-order chi connectivity index (χ0) is 16.4. The molecule has 0 N–H and O–H groups in total. The van der Waals surface area contributed by atoms with Crippen molar-refractivity contribution in [3.63, 3.8) is 0 Å². The van der Waals surface area contributed by atoms with Gasteiger partial charge in [-0.1, -0.05) is 37.3 Å². The quantitative estimate of drug-likeness (QED) is 0.864. The number of sulfonamides is 1. The monoisotopic (exact) mass is 333 g/mol. The summed E-state index contributed by atoms with van der Waals surface area (Å²) in [7, 11) is -3.44. The molecule has 1 fully saturated rings. The van der Waals surface area contributed by atoms with Gasteiger partial charge in [0, 0.05) is 19.3 Å². The number of piperidine rings is 1. The van der Waals surface area contributed by atoms with Crippen LogP contribution in [-0.2, 0) is 16.6 Å². The molecule has 0 aliphatic carbocycles.